The fourth-order valence-corrected chi connectivity index (χ4v) is 3.70. The third kappa shape index (κ3) is 10.2. The first kappa shape index (κ1) is 28.4. The molecule has 194 valence electrons. The molecule has 0 atom stereocenters. The van der Waals surface area contributed by atoms with Crippen LogP contribution in [-0.4, -0.2) is 46.8 Å². The van der Waals surface area contributed by atoms with E-state index in [1.807, 2.05) is 12.1 Å². The quantitative estimate of drug-likeness (QED) is 0.176. The summed E-state index contributed by atoms with van der Waals surface area (Å²) in [6, 6.07) is 14.0. The minimum atomic E-state index is -0.900. The molecule has 0 fully saturated rings. The van der Waals surface area contributed by atoms with Crippen molar-refractivity contribution in [3.63, 3.8) is 0 Å². The summed E-state index contributed by atoms with van der Waals surface area (Å²) in [4.78, 5) is 35.3. The molecule has 0 amide bonds. The summed E-state index contributed by atoms with van der Waals surface area (Å²) < 4.78 is 10.3. The van der Waals surface area contributed by atoms with Gasteiger partial charge in [-0.05, 0) is 49.2 Å². The van der Waals surface area contributed by atoms with Crippen molar-refractivity contribution in [3.05, 3.63) is 65.9 Å². The first-order chi connectivity index (χ1) is 17.4. The van der Waals surface area contributed by atoms with Gasteiger partial charge in [-0.2, -0.15) is 0 Å². The van der Waals surface area contributed by atoms with E-state index in [4.69, 9.17) is 14.9 Å². The number of carbonyl (C=O) groups excluding carboxylic acids is 1. The van der Waals surface area contributed by atoms with Crippen LogP contribution in [0.15, 0.2) is 54.7 Å². The van der Waals surface area contributed by atoms with Crippen LogP contribution in [0.1, 0.15) is 78.5 Å². The van der Waals surface area contributed by atoms with E-state index in [0.717, 1.165) is 43.2 Å². The molecule has 1 aromatic heterocycles. The first-order valence-corrected chi connectivity index (χ1v) is 12.2. The summed E-state index contributed by atoms with van der Waals surface area (Å²) in [5.41, 5.74) is 1.52. The number of para-hydroxylation sites is 1. The van der Waals surface area contributed by atoms with Crippen molar-refractivity contribution in [2.45, 2.75) is 57.8 Å². The molecular formula is C28H35NO7. The van der Waals surface area contributed by atoms with Gasteiger partial charge < -0.3 is 24.7 Å². The van der Waals surface area contributed by atoms with E-state index in [-0.39, 0.29) is 12.4 Å². The number of hydrogen-bond acceptors (Lipinski definition) is 5. The molecule has 0 saturated heterocycles. The highest BCUT2D eigenvalue weighted by molar-refractivity contribution is 6.01. The predicted molar refractivity (Wildman–Crippen MR) is 138 cm³/mol. The molecule has 8 nitrogen and oxygen atoms in total. The number of carboxylic acid groups (broad SMARTS) is 2. The third-order valence-corrected chi connectivity index (χ3v) is 5.65. The van der Waals surface area contributed by atoms with Crippen molar-refractivity contribution in [3.8, 4) is 5.75 Å². The second-order valence-corrected chi connectivity index (χ2v) is 8.39. The van der Waals surface area contributed by atoms with E-state index < -0.39 is 11.9 Å². The van der Waals surface area contributed by atoms with Gasteiger partial charge in [0.2, 0.25) is 0 Å². The van der Waals surface area contributed by atoms with Gasteiger partial charge in [-0.3, -0.25) is 4.79 Å². The van der Waals surface area contributed by atoms with E-state index in [1.165, 1.54) is 26.4 Å². The van der Waals surface area contributed by atoms with Crippen LogP contribution in [0.5, 0.6) is 5.75 Å². The Morgan fingerprint density at radius 3 is 2.06 bits per heavy atom. The Bertz CT molecular complexity index is 1090. The Kier molecular flexibility index (Phi) is 12.6. The Morgan fingerprint density at radius 2 is 1.44 bits per heavy atom. The number of H-pyrrole nitrogens is 1. The average Bonchev–Trinajstić information content (AvgIpc) is 3.36. The monoisotopic (exact) mass is 497 g/mol. The number of benzene rings is 2. The number of aromatic carboxylic acids is 1. The molecule has 0 radical (unpaired) electrons. The number of carboxylic acids is 2. The molecule has 36 heavy (non-hydrogen) atoms. The number of aromatic amines is 1. The summed E-state index contributed by atoms with van der Waals surface area (Å²) in [6.45, 7) is 0.677. The van der Waals surface area contributed by atoms with Gasteiger partial charge in [0.1, 0.15) is 5.75 Å². The molecule has 0 spiro atoms. The van der Waals surface area contributed by atoms with Crippen LogP contribution in [0, 0.1) is 0 Å². The number of methoxy groups -OCH3 is 1. The van der Waals surface area contributed by atoms with Crippen molar-refractivity contribution in [2.75, 3.05) is 13.7 Å². The molecule has 1 heterocycles. The number of esters is 1. The number of fused-ring (bicyclic) bond motifs is 1. The molecule has 0 bridgehead atoms. The molecule has 8 heteroatoms. The third-order valence-electron chi connectivity index (χ3n) is 5.65. The summed E-state index contributed by atoms with van der Waals surface area (Å²) in [6.07, 6.45) is 10.6. The molecule has 0 aliphatic carbocycles. The lowest BCUT2D eigenvalue weighted by molar-refractivity contribution is -0.137. The molecule has 0 unspecified atom stereocenters. The number of ether oxygens (including phenoxy) is 2. The lowest BCUT2D eigenvalue weighted by atomic mass is 10.1. The van der Waals surface area contributed by atoms with Gasteiger partial charge in [0.25, 0.3) is 0 Å². The van der Waals surface area contributed by atoms with Crippen LogP contribution >= 0.6 is 0 Å². The van der Waals surface area contributed by atoms with Gasteiger partial charge in [-0.15, -0.1) is 0 Å². The van der Waals surface area contributed by atoms with E-state index >= 15 is 0 Å². The largest absolute Gasteiger partial charge is 0.494 e. The summed E-state index contributed by atoms with van der Waals surface area (Å²) in [5, 5.41) is 18.2. The Morgan fingerprint density at radius 1 is 0.806 bits per heavy atom. The lowest BCUT2D eigenvalue weighted by Crippen LogP contribution is -2.01. The van der Waals surface area contributed by atoms with Gasteiger partial charge in [0, 0.05) is 18.0 Å². The normalized spacial score (nSPS) is 10.4. The van der Waals surface area contributed by atoms with E-state index in [2.05, 4.69) is 9.72 Å². The van der Waals surface area contributed by atoms with Gasteiger partial charge in [0.05, 0.1) is 30.4 Å². The number of unbranched alkanes of at least 4 members (excludes halogenated alkanes) is 7. The number of rotatable bonds is 14. The molecule has 0 aliphatic heterocycles. The summed E-state index contributed by atoms with van der Waals surface area (Å²) in [5.74, 6) is -1.18. The fraction of sp³-hybridized carbons (Fsp3) is 0.393. The molecular weight excluding hydrogens is 462 g/mol. The standard InChI is InChI=1S/C19H28O5.C9H7NO2/c1-23-19(22)16-11-13-17(14-12-16)24-15-9-7-5-3-2-4-6-8-10-18(20)21;11-9(12)7-3-1-2-6-4-5-10-8(6)7/h11-14H,2-10,15H2,1H3,(H,20,21);1-5,10H,(H,11,12). The maximum absolute atomic E-state index is 11.3. The van der Waals surface area contributed by atoms with E-state index in [1.54, 1.807) is 42.6 Å². The highest BCUT2D eigenvalue weighted by Gasteiger charge is 2.07. The van der Waals surface area contributed by atoms with Gasteiger partial charge in [-0.1, -0.05) is 50.7 Å². The second-order valence-electron chi connectivity index (χ2n) is 8.39. The van der Waals surface area contributed by atoms with E-state index in [0.29, 0.717) is 23.3 Å². The maximum atomic E-state index is 11.3. The zero-order valence-electron chi connectivity index (χ0n) is 20.7. The number of aliphatic carboxylic acids is 1. The van der Waals surface area contributed by atoms with Gasteiger partial charge >= 0.3 is 17.9 Å². The molecule has 3 rings (SSSR count). The Hall–Kier alpha value is -3.81. The van der Waals surface area contributed by atoms with E-state index in [9.17, 15) is 14.4 Å². The molecule has 3 aromatic rings. The minimum absolute atomic E-state index is 0.290. The fourth-order valence-electron chi connectivity index (χ4n) is 3.70. The Labute approximate surface area is 211 Å². The summed E-state index contributed by atoms with van der Waals surface area (Å²) in [7, 11) is 1.36. The number of aromatic nitrogens is 1. The number of nitrogens with one attached hydrogen (secondary N) is 1. The predicted octanol–water partition coefficient (Wildman–Crippen LogP) is 6.31. The van der Waals surface area contributed by atoms with Gasteiger partial charge in [-0.25, -0.2) is 9.59 Å². The maximum Gasteiger partial charge on any atom is 0.337 e. The molecule has 3 N–H and O–H groups in total. The molecule has 0 saturated carbocycles. The Balaban J connectivity index is 0.000000313. The number of carbonyl (C=O) groups is 3. The average molecular weight is 498 g/mol. The van der Waals surface area contributed by atoms with Crippen molar-refractivity contribution in [1.29, 1.82) is 0 Å². The van der Waals surface area contributed by atoms with Crippen LogP contribution < -0.4 is 4.74 Å². The minimum Gasteiger partial charge on any atom is -0.494 e. The van der Waals surface area contributed by atoms with Crippen LogP contribution in [-0.2, 0) is 9.53 Å². The number of hydrogen-bond donors (Lipinski definition) is 3. The SMILES string of the molecule is COC(=O)c1ccc(OCCCCCCCCCCC(=O)O)cc1.O=C(O)c1cccc2cc[nH]c12. The van der Waals surface area contributed by atoms with Crippen LogP contribution in [0.4, 0.5) is 0 Å². The molecule has 0 aliphatic rings. The van der Waals surface area contributed by atoms with Crippen molar-refractivity contribution in [1.82, 2.24) is 4.98 Å². The highest BCUT2D eigenvalue weighted by atomic mass is 16.5. The van der Waals surface area contributed by atoms with Crippen molar-refractivity contribution in [2.24, 2.45) is 0 Å². The summed E-state index contributed by atoms with van der Waals surface area (Å²) >= 11 is 0. The first-order valence-electron chi connectivity index (χ1n) is 12.2. The van der Waals surface area contributed by atoms with Gasteiger partial charge in [0.15, 0.2) is 0 Å². The highest BCUT2D eigenvalue weighted by Crippen LogP contribution is 2.16. The topological polar surface area (TPSA) is 126 Å². The smallest absolute Gasteiger partial charge is 0.337 e. The second kappa shape index (κ2) is 16.0. The lowest BCUT2D eigenvalue weighted by Gasteiger charge is -2.07. The zero-order valence-corrected chi connectivity index (χ0v) is 20.7. The zero-order chi connectivity index (χ0) is 26.2. The van der Waals surface area contributed by atoms with Crippen molar-refractivity contribution >= 4 is 28.8 Å². The molecule has 2 aromatic carbocycles. The van der Waals surface area contributed by atoms with Crippen LogP contribution in [0.2, 0.25) is 0 Å². The van der Waals surface area contributed by atoms with Crippen LogP contribution in [0.25, 0.3) is 10.9 Å². The van der Waals surface area contributed by atoms with Crippen LogP contribution in [0.3, 0.4) is 0 Å². The van der Waals surface area contributed by atoms with Crippen molar-refractivity contribution < 1.29 is 34.1 Å².